The molecule has 0 aliphatic carbocycles. The summed E-state index contributed by atoms with van der Waals surface area (Å²) in [6.07, 6.45) is 0. The van der Waals surface area contributed by atoms with Crippen molar-refractivity contribution in [2.45, 2.75) is 13.0 Å². The van der Waals surface area contributed by atoms with Crippen LogP contribution in [-0.4, -0.2) is 55.6 Å². The van der Waals surface area contributed by atoms with Crippen LogP contribution in [0.4, 0.5) is 8.78 Å². The topological polar surface area (TPSA) is 32.8 Å². The maximum absolute atomic E-state index is 14.3. The zero-order valence-electron chi connectivity index (χ0n) is 16.8. The van der Waals surface area contributed by atoms with Crippen LogP contribution in [0.5, 0.6) is 0 Å². The van der Waals surface area contributed by atoms with E-state index < -0.39 is 17.5 Å². The van der Waals surface area contributed by atoms with E-state index in [1.807, 2.05) is 31.2 Å². The minimum Gasteiger partial charge on any atom is -0.383 e. The van der Waals surface area contributed by atoms with E-state index in [1.165, 1.54) is 0 Å². The van der Waals surface area contributed by atoms with E-state index in [9.17, 15) is 13.6 Å². The number of fused-ring (bicyclic) bond motifs is 1. The van der Waals surface area contributed by atoms with Gasteiger partial charge in [0, 0.05) is 39.2 Å². The molecule has 0 aromatic heterocycles. The summed E-state index contributed by atoms with van der Waals surface area (Å²) in [6.45, 7) is 5.85. The molecule has 0 spiro atoms. The Bertz CT molecular complexity index is 904. The fourth-order valence-corrected chi connectivity index (χ4v) is 4.88. The number of rotatable bonds is 5. The van der Waals surface area contributed by atoms with Gasteiger partial charge in [-0.1, -0.05) is 24.3 Å². The minimum absolute atomic E-state index is 0.149. The Balaban J connectivity index is 1.68. The van der Waals surface area contributed by atoms with Crippen molar-refractivity contribution in [3.05, 3.63) is 70.8 Å². The molecule has 0 N–H and O–H groups in total. The monoisotopic (exact) mass is 400 g/mol. The van der Waals surface area contributed by atoms with E-state index in [0.717, 1.165) is 49.0 Å². The average Bonchev–Trinajstić information content (AvgIpc) is 3.25. The molecule has 29 heavy (non-hydrogen) atoms. The second-order valence-electron chi connectivity index (χ2n) is 8.06. The molecule has 2 heterocycles. The van der Waals surface area contributed by atoms with Crippen molar-refractivity contribution in [2.75, 3.05) is 39.9 Å². The van der Waals surface area contributed by atoms with Crippen molar-refractivity contribution in [2.24, 2.45) is 11.8 Å². The van der Waals surface area contributed by atoms with Crippen molar-refractivity contribution < 1.29 is 18.3 Å². The van der Waals surface area contributed by atoms with Gasteiger partial charge in [-0.2, -0.15) is 0 Å². The normalized spacial score (nSPS) is 24.1. The molecule has 2 aromatic carbocycles. The highest BCUT2D eigenvalue weighted by Gasteiger charge is 2.49. The van der Waals surface area contributed by atoms with Gasteiger partial charge in [0.2, 0.25) is 0 Å². The third-order valence-electron chi connectivity index (χ3n) is 6.28. The van der Waals surface area contributed by atoms with E-state index in [2.05, 4.69) is 4.90 Å². The molecule has 0 radical (unpaired) electrons. The van der Waals surface area contributed by atoms with Gasteiger partial charge in [0.1, 0.15) is 11.6 Å². The number of carbonyl (C=O) groups excluding carboxylic acids is 1. The van der Waals surface area contributed by atoms with Crippen LogP contribution in [-0.2, 0) is 4.74 Å². The lowest BCUT2D eigenvalue weighted by molar-refractivity contribution is 0.0689. The lowest BCUT2D eigenvalue weighted by Gasteiger charge is -2.31. The van der Waals surface area contributed by atoms with Crippen LogP contribution < -0.4 is 0 Å². The number of ether oxygens (including phenoxy) is 1. The van der Waals surface area contributed by atoms with E-state index in [1.54, 1.807) is 12.0 Å². The number of hydrogen-bond donors (Lipinski definition) is 0. The number of nitrogens with zero attached hydrogens (tertiary/aromatic N) is 2. The fraction of sp³-hybridized carbons (Fsp3) is 0.435. The van der Waals surface area contributed by atoms with Crippen molar-refractivity contribution in [3.63, 3.8) is 0 Å². The van der Waals surface area contributed by atoms with Gasteiger partial charge in [0.15, 0.2) is 0 Å². The van der Waals surface area contributed by atoms with Crippen LogP contribution in [0.15, 0.2) is 42.5 Å². The van der Waals surface area contributed by atoms with Crippen LogP contribution in [0, 0.1) is 30.4 Å². The summed E-state index contributed by atoms with van der Waals surface area (Å²) in [5.41, 5.74) is 1.99. The van der Waals surface area contributed by atoms with E-state index in [-0.39, 0.29) is 17.5 Å². The quantitative estimate of drug-likeness (QED) is 0.768. The summed E-state index contributed by atoms with van der Waals surface area (Å²) in [5.74, 6) is -1.16. The highest BCUT2D eigenvalue weighted by Crippen LogP contribution is 2.46. The first-order chi connectivity index (χ1) is 14.0. The maximum Gasteiger partial charge on any atom is 0.257 e. The molecular formula is C23H26F2N2O2. The average molecular weight is 400 g/mol. The number of benzene rings is 2. The van der Waals surface area contributed by atoms with Gasteiger partial charge in [-0.15, -0.1) is 0 Å². The number of amides is 1. The molecular weight excluding hydrogens is 374 g/mol. The molecule has 2 fully saturated rings. The molecule has 154 valence electrons. The molecule has 0 unspecified atom stereocenters. The molecule has 0 bridgehead atoms. The lowest BCUT2D eigenvalue weighted by Crippen LogP contribution is -2.37. The largest absolute Gasteiger partial charge is 0.383 e. The number of likely N-dealkylation sites (tertiary alicyclic amines) is 2. The summed E-state index contributed by atoms with van der Waals surface area (Å²) in [6, 6.07) is 10.9. The van der Waals surface area contributed by atoms with Crippen LogP contribution in [0.2, 0.25) is 0 Å². The Morgan fingerprint density at radius 2 is 1.93 bits per heavy atom. The molecule has 4 nitrogen and oxygen atoms in total. The Morgan fingerprint density at radius 3 is 2.69 bits per heavy atom. The predicted octanol–water partition coefficient (Wildman–Crippen LogP) is 3.66. The second-order valence-corrected chi connectivity index (χ2v) is 8.06. The summed E-state index contributed by atoms with van der Waals surface area (Å²) >= 11 is 0. The number of aryl methyl sites for hydroxylation is 1. The summed E-state index contributed by atoms with van der Waals surface area (Å²) in [4.78, 5) is 17.4. The van der Waals surface area contributed by atoms with Crippen LogP contribution in [0.1, 0.15) is 27.5 Å². The highest BCUT2D eigenvalue weighted by molar-refractivity contribution is 5.95. The molecule has 2 aromatic rings. The third kappa shape index (κ3) is 3.79. The number of halogens is 2. The van der Waals surface area contributed by atoms with Crippen molar-refractivity contribution in [1.82, 2.24) is 9.80 Å². The number of methoxy groups -OCH3 is 1. The van der Waals surface area contributed by atoms with Gasteiger partial charge >= 0.3 is 0 Å². The molecule has 2 saturated heterocycles. The maximum atomic E-state index is 14.3. The fourth-order valence-electron chi connectivity index (χ4n) is 4.88. The Hall–Kier alpha value is -2.31. The number of carbonyl (C=O) groups is 1. The van der Waals surface area contributed by atoms with Gasteiger partial charge in [-0.3, -0.25) is 4.79 Å². The van der Waals surface area contributed by atoms with E-state index >= 15 is 0 Å². The molecule has 3 atom stereocenters. The first-order valence-corrected chi connectivity index (χ1v) is 10.0. The van der Waals surface area contributed by atoms with Gasteiger partial charge < -0.3 is 14.5 Å². The first kappa shape index (κ1) is 20.0. The third-order valence-corrected chi connectivity index (χ3v) is 6.28. The molecule has 2 aliphatic heterocycles. The minimum atomic E-state index is -0.682. The Labute approximate surface area is 170 Å². The van der Waals surface area contributed by atoms with E-state index in [4.69, 9.17) is 4.74 Å². The molecule has 1 amide bonds. The summed E-state index contributed by atoms with van der Waals surface area (Å²) < 4.78 is 33.3. The molecule has 4 rings (SSSR count). The zero-order chi connectivity index (χ0) is 20.5. The Kier molecular flexibility index (Phi) is 5.65. The van der Waals surface area contributed by atoms with Crippen molar-refractivity contribution in [3.8, 4) is 0 Å². The lowest BCUT2D eigenvalue weighted by atomic mass is 9.87. The number of hydrogen-bond acceptors (Lipinski definition) is 3. The standard InChI is InChI=1S/C23H26F2N2O2/c1-15-5-3-4-6-18(15)22-20-14-26(9-10-29-2)12-16(20)13-27(22)23(28)19-11-17(24)7-8-21(19)25/h3-8,11,16,20,22H,9-10,12-14H2,1-2H3/t16-,20-,22+/m0/s1. The van der Waals surface area contributed by atoms with Crippen molar-refractivity contribution in [1.29, 1.82) is 0 Å². The van der Waals surface area contributed by atoms with Crippen LogP contribution in [0.25, 0.3) is 0 Å². The Morgan fingerprint density at radius 1 is 1.14 bits per heavy atom. The smallest absolute Gasteiger partial charge is 0.257 e. The van der Waals surface area contributed by atoms with Gasteiger partial charge in [-0.05, 0) is 42.2 Å². The van der Waals surface area contributed by atoms with E-state index in [0.29, 0.717) is 19.1 Å². The predicted molar refractivity (Wildman–Crippen MR) is 107 cm³/mol. The van der Waals surface area contributed by atoms with Gasteiger partial charge in [0.05, 0.1) is 18.2 Å². The van der Waals surface area contributed by atoms with Gasteiger partial charge in [-0.25, -0.2) is 8.78 Å². The SMILES string of the molecule is COCCN1C[C@H]2CN(C(=O)c3cc(F)ccc3F)[C@H](c3ccccc3C)[C@H]2C1. The molecule has 6 heteroatoms. The summed E-state index contributed by atoms with van der Waals surface area (Å²) in [5, 5.41) is 0. The van der Waals surface area contributed by atoms with Crippen molar-refractivity contribution >= 4 is 5.91 Å². The first-order valence-electron chi connectivity index (χ1n) is 10.0. The molecule has 0 saturated carbocycles. The highest BCUT2D eigenvalue weighted by atomic mass is 19.1. The molecule has 2 aliphatic rings. The second kappa shape index (κ2) is 8.20. The van der Waals surface area contributed by atoms with Crippen LogP contribution in [0.3, 0.4) is 0 Å². The van der Waals surface area contributed by atoms with Crippen LogP contribution >= 0.6 is 0 Å². The summed E-state index contributed by atoms with van der Waals surface area (Å²) in [7, 11) is 1.70. The zero-order valence-corrected chi connectivity index (χ0v) is 16.8. The van der Waals surface area contributed by atoms with Gasteiger partial charge in [0.25, 0.3) is 5.91 Å².